The van der Waals surface area contributed by atoms with Crippen LogP contribution < -0.4 is 15.0 Å². The van der Waals surface area contributed by atoms with E-state index in [2.05, 4.69) is 24.0 Å². The highest BCUT2D eigenvalue weighted by atomic mass is 16.7. The third-order valence-electron chi connectivity index (χ3n) is 4.80. The third-order valence-corrected chi connectivity index (χ3v) is 4.80. The molecule has 0 atom stereocenters. The van der Waals surface area contributed by atoms with Gasteiger partial charge in [-0.15, -0.1) is 0 Å². The van der Waals surface area contributed by atoms with Crippen LogP contribution in [-0.2, 0) is 17.8 Å². The number of amides is 1. The Bertz CT molecular complexity index is 830. The Kier molecular flexibility index (Phi) is 7.72. The molecule has 156 valence electrons. The van der Waals surface area contributed by atoms with Crippen LogP contribution in [0.25, 0.3) is 6.08 Å². The molecule has 0 bridgehead atoms. The van der Waals surface area contributed by atoms with Crippen molar-refractivity contribution in [2.75, 3.05) is 19.9 Å². The van der Waals surface area contributed by atoms with Crippen LogP contribution in [0, 0.1) is 0 Å². The van der Waals surface area contributed by atoms with Gasteiger partial charge in [0.2, 0.25) is 6.79 Å². The number of fused-ring (bicyclic) bond motifs is 1. The maximum absolute atomic E-state index is 11.1. The van der Waals surface area contributed by atoms with Gasteiger partial charge >= 0.3 is 0 Å². The van der Waals surface area contributed by atoms with E-state index in [1.165, 1.54) is 30.6 Å². The van der Waals surface area contributed by atoms with Crippen LogP contribution in [0.3, 0.4) is 0 Å². The number of nitrogens with zero attached hydrogens (tertiary/aromatic N) is 1. The molecule has 2 heterocycles. The highest BCUT2D eigenvalue weighted by molar-refractivity contribution is 5.90. The fraction of sp³-hybridized carbons (Fsp3) is 0.409. The first-order chi connectivity index (χ1) is 14.2. The van der Waals surface area contributed by atoms with Crippen LogP contribution in [-0.4, -0.2) is 35.9 Å². The Morgan fingerprint density at radius 3 is 2.86 bits per heavy atom. The molecule has 2 N–H and O–H groups in total. The second-order valence-corrected chi connectivity index (χ2v) is 7.03. The normalized spacial score (nSPS) is 12.8. The van der Waals surface area contributed by atoms with Crippen molar-refractivity contribution in [1.82, 2.24) is 10.4 Å². The van der Waals surface area contributed by atoms with Gasteiger partial charge in [-0.1, -0.05) is 25.8 Å². The summed E-state index contributed by atoms with van der Waals surface area (Å²) < 4.78 is 16.6. The molecule has 29 heavy (non-hydrogen) atoms. The van der Waals surface area contributed by atoms with Crippen LogP contribution in [0.2, 0.25) is 0 Å². The lowest BCUT2D eigenvalue weighted by Crippen LogP contribution is -2.26. The number of hydroxylamine groups is 1. The molecular formula is C22H28N2O5. The minimum Gasteiger partial charge on any atom is -0.460 e. The number of rotatable bonds is 11. The van der Waals surface area contributed by atoms with Crippen molar-refractivity contribution in [2.24, 2.45) is 0 Å². The van der Waals surface area contributed by atoms with E-state index in [-0.39, 0.29) is 6.79 Å². The molecule has 1 aromatic carbocycles. The molecular weight excluding hydrogens is 372 g/mol. The van der Waals surface area contributed by atoms with Crippen LogP contribution in [0.4, 0.5) is 0 Å². The first-order valence-corrected chi connectivity index (χ1v) is 9.99. The summed E-state index contributed by atoms with van der Waals surface area (Å²) >= 11 is 0. The Morgan fingerprint density at radius 1 is 1.17 bits per heavy atom. The zero-order chi connectivity index (χ0) is 20.5. The lowest BCUT2D eigenvalue weighted by molar-refractivity contribution is -0.124. The minimum atomic E-state index is -0.590. The Morgan fingerprint density at radius 2 is 2.03 bits per heavy atom. The van der Waals surface area contributed by atoms with Gasteiger partial charge in [-0.05, 0) is 55.3 Å². The minimum absolute atomic E-state index is 0.289. The van der Waals surface area contributed by atoms with Gasteiger partial charge in [0, 0.05) is 12.6 Å². The van der Waals surface area contributed by atoms with Crippen molar-refractivity contribution >= 4 is 12.0 Å². The molecule has 0 saturated heterocycles. The van der Waals surface area contributed by atoms with Crippen LogP contribution in [0.1, 0.15) is 43.3 Å². The molecule has 0 fully saturated rings. The van der Waals surface area contributed by atoms with Gasteiger partial charge in [-0.2, -0.15) is 0 Å². The summed E-state index contributed by atoms with van der Waals surface area (Å²) in [6, 6.07) is 9.84. The summed E-state index contributed by atoms with van der Waals surface area (Å²) in [6.45, 7) is 5.09. The van der Waals surface area contributed by atoms with E-state index in [1.807, 2.05) is 18.2 Å². The molecule has 7 nitrogen and oxygen atoms in total. The Labute approximate surface area is 170 Å². The number of hydrogen-bond acceptors (Lipinski definition) is 6. The van der Waals surface area contributed by atoms with Gasteiger partial charge in [-0.25, -0.2) is 5.48 Å². The number of carbonyl (C=O) groups is 1. The molecule has 1 amide bonds. The van der Waals surface area contributed by atoms with E-state index >= 15 is 0 Å². The number of benzene rings is 1. The fourth-order valence-electron chi connectivity index (χ4n) is 3.22. The van der Waals surface area contributed by atoms with Crippen molar-refractivity contribution in [1.29, 1.82) is 0 Å². The van der Waals surface area contributed by atoms with Crippen molar-refractivity contribution in [3.8, 4) is 11.5 Å². The summed E-state index contributed by atoms with van der Waals surface area (Å²) in [5.41, 5.74) is 2.77. The summed E-state index contributed by atoms with van der Waals surface area (Å²) in [5, 5.41) is 8.54. The highest BCUT2D eigenvalue weighted by Gasteiger charge is 2.14. The molecule has 1 aromatic heterocycles. The van der Waals surface area contributed by atoms with E-state index in [1.54, 1.807) is 5.48 Å². The third kappa shape index (κ3) is 6.37. The number of furan rings is 1. The molecule has 1 aliphatic rings. The van der Waals surface area contributed by atoms with Crippen molar-refractivity contribution in [3.05, 3.63) is 53.5 Å². The SMILES string of the molecule is CCCCCN(CCc1ccc2c(c1)OCO2)Cc1ccc(/C=C/C(=O)NO)o1. The first kappa shape index (κ1) is 21.0. The van der Waals surface area contributed by atoms with E-state index in [9.17, 15) is 4.79 Å². The number of hydrogen-bond donors (Lipinski definition) is 2. The van der Waals surface area contributed by atoms with Crippen LogP contribution >= 0.6 is 0 Å². The quantitative estimate of drug-likeness (QED) is 0.259. The second kappa shape index (κ2) is 10.7. The molecule has 0 spiro atoms. The summed E-state index contributed by atoms with van der Waals surface area (Å²) in [4.78, 5) is 13.5. The number of ether oxygens (including phenoxy) is 2. The average Bonchev–Trinajstić information content (AvgIpc) is 3.39. The van der Waals surface area contributed by atoms with E-state index in [0.29, 0.717) is 12.3 Å². The Balaban J connectivity index is 1.58. The van der Waals surface area contributed by atoms with E-state index in [4.69, 9.17) is 19.1 Å². The maximum atomic E-state index is 11.1. The lowest BCUT2D eigenvalue weighted by Gasteiger charge is -2.21. The molecule has 1 aliphatic heterocycles. The zero-order valence-electron chi connectivity index (χ0n) is 16.7. The second-order valence-electron chi connectivity index (χ2n) is 7.03. The predicted molar refractivity (Wildman–Crippen MR) is 109 cm³/mol. The zero-order valence-corrected chi connectivity index (χ0v) is 16.7. The smallest absolute Gasteiger partial charge is 0.267 e. The standard InChI is InChI=1S/C22H28N2O5/c1-2-3-4-12-24(13-11-17-5-9-20-21(14-17)28-16-27-20)15-19-7-6-18(29-19)8-10-22(25)23-26/h5-10,14,26H,2-4,11-13,15-16H2,1H3,(H,23,25)/b10-8+. The summed E-state index contributed by atoms with van der Waals surface area (Å²) in [6.07, 6.45) is 7.18. The Hall–Kier alpha value is -2.77. The molecule has 0 radical (unpaired) electrons. The number of carbonyl (C=O) groups excluding carboxylic acids is 1. The van der Waals surface area contributed by atoms with Gasteiger partial charge in [-0.3, -0.25) is 14.9 Å². The largest absolute Gasteiger partial charge is 0.460 e. The highest BCUT2D eigenvalue weighted by Crippen LogP contribution is 2.32. The van der Waals surface area contributed by atoms with E-state index < -0.39 is 5.91 Å². The molecule has 3 rings (SSSR count). The van der Waals surface area contributed by atoms with E-state index in [0.717, 1.165) is 43.2 Å². The van der Waals surface area contributed by atoms with Gasteiger partial charge in [0.15, 0.2) is 11.5 Å². The van der Waals surface area contributed by atoms with Crippen LogP contribution in [0.15, 0.2) is 40.8 Å². The number of unbranched alkanes of at least 4 members (excludes halogenated alkanes) is 2. The van der Waals surface area contributed by atoms with Gasteiger partial charge in [0.1, 0.15) is 11.5 Å². The maximum Gasteiger partial charge on any atom is 0.267 e. The molecule has 0 unspecified atom stereocenters. The van der Waals surface area contributed by atoms with Crippen molar-refractivity contribution in [3.63, 3.8) is 0 Å². The summed E-state index contributed by atoms with van der Waals surface area (Å²) in [7, 11) is 0. The monoisotopic (exact) mass is 400 g/mol. The molecule has 0 aliphatic carbocycles. The first-order valence-electron chi connectivity index (χ1n) is 9.99. The van der Waals surface area contributed by atoms with Gasteiger partial charge < -0.3 is 13.9 Å². The number of nitrogens with one attached hydrogen (secondary N) is 1. The van der Waals surface area contributed by atoms with Gasteiger partial charge in [0.25, 0.3) is 5.91 Å². The topological polar surface area (TPSA) is 84.2 Å². The average molecular weight is 400 g/mol. The lowest BCUT2D eigenvalue weighted by atomic mass is 10.1. The van der Waals surface area contributed by atoms with Gasteiger partial charge in [0.05, 0.1) is 6.54 Å². The molecule has 0 saturated carbocycles. The predicted octanol–water partition coefficient (Wildman–Crippen LogP) is 3.76. The fourth-order valence-corrected chi connectivity index (χ4v) is 3.22. The molecule has 7 heteroatoms. The molecule has 2 aromatic rings. The van der Waals surface area contributed by atoms with Crippen LogP contribution in [0.5, 0.6) is 11.5 Å². The summed E-state index contributed by atoms with van der Waals surface area (Å²) in [5.74, 6) is 2.45. The van der Waals surface area contributed by atoms with Crippen molar-refractivity contribution < 1.29 is 23.9 Å². The van der Waals surface area contributed by atoms with Crippen molar-refractivity contribution in [2.45, 2.75) is 39.2 Å².